The first-order chi connectivity index (χ1) is 1.73. The molecule has 28 valence electrons. The van der Waals surface area contributed by atoms with Gasteiger partial charge in [-0.1, -0.05) is 0 Å². The predicted octanol–water partition coefficient (Wildman–Crippen LogP) is -0.379. The summed E-state index contributed by atoms with van der Waals surface area (Å²) in [5, 5.41) is 7.19. The van der Waals surface area contributed by atoms with E-state index in [1.165, 1.54) is 0 Å². The fourth-order valence-corrected chi connectivity index (χ4v) is 0. The van der Waals surface area contributed by atoms with Crippen molar-refractivity contribution in [2.45, 2.75) is 0 Å². The zero-order chi connectivity index (χ0) is 3.58. The number of rotatable bonds is 0. The van der Waals surface area contributed by atoms with Crippen molar-refractivity contribution < 1.29 is 36.1 Å². The molecule has 0 atom stereocenters. The third-order valence-electron chi connectivity index (χ3n) is 0. The van der Waals surface area contributed by atoms with E-state index < -0.39 is 6.09 Å². The fraction of sp³-hybridized carbons (Fsp3) is 0. The number of amides is 1. The second-order valence-corrected chi connectivity index (χ2v) is 0.338. The van der Waals surface area contributed by atoms with Gasteiger partial charge in [-0.05, 0) is 0 Å². The van der Waals surface area contributed by atoms with Crippen LogP contribution in [0.15, 0.2) is 0 Å². The Bertz CT molecular complexity index is 32.6. The van der Waals surface area contributed by atoms with Gasteiger partial charge in [0.2, 0.25) is 0 Å². The number of hydrogen-bond acceptors (Lipinski definition) is 1. The van der Waals surface area contributed by atoms with Gasteiger partial charge in [0, 0.05) is 26.2 Å². The van der Waals surface area contributed by atoms with E-state index in [-0.39, 0.29) is 26.2 Å². The summed E-state index contributed by atoms with van der Waals surface area (Å²) >= 11 is 0. The molecule has 0 fully saturated rings. The maximum Gasteiger partial charge on any atom is 0.402 e. The van der Waals surface area contributed by atoms with Crippen molar-refractivity contribution in [2.75, 3.05) is 0 Å². The summed E-state index contributed by atoms with van der Waals surface area (Å²) in [6.45, 7) is 0. The molecule has 0 unspecified atom stereocenters. The van der Waals surface area contributed by atoms with Crippen molar-refractivity contribution in [3.8, 4) is 0 Å². The molecule has 3 nitrogen and oxygen atoms in total. The van der Waals surface area contributed by atoms with Crippen molar-refractivity contribution in [1.82, 2.24) is 0 Å². The summed E-state index contributed by atoms with van der Waals surface area (Å²) in [6.07, 6.45) is -1.33. The standard InChI is InChI=1S/CH3NO2.Zr/c2-1(3)4;/h2H2,(H,3,4);. The zero-order valence-corrected chi connectivity index (χ0v) is 4.89. The van der Waals surface area contributed by atoms with Crippen molar-refractivity contribution in [2.24, 2.45) is 5.73 Å². The molecule has 1 amide bonds. The minimum atomic E-state index is -1.33. The molecule has 0 aromatic carbocycles. The smallest absolute Gasteiger partial charge is 0.402 e. The minimum absolute atomic E-state index is 0. The van der Waals surface area contributed by atoms with E-state index in [1.54, 1.807) is 0 Å². The van der Waals surface area contributed by atoms with Crippen molar-refractivity contribution in [3.05, 3.63) is 0 Å². The molecule has 0 heterocycles. The topological polar surface area (TPSA) is 63.3 Å². The summed E-state index contributed by atoms with van der Waals surface area (Å²) in [7, 11) is 0. The molecule has 0 saturated carbocycles. The Kier molecular flexibility index (Phi) is 7.43. The Labute approximate surface area is 48.3 Å². The van der Waals surface area contributed by atoms with Crippen LogP contribution < -0.4 is 5.73 Å². The van der Waals surface area contributed by atoms with E-state index in [1.807, 2.05) is 0 Å². The maximum atomic E-state index is 8.78. The Morgan fingerprint density at radius 1 is 1.80 bits per heavy atom. The molecular formula is CH3NO2Zr. The van der Waals surface area contributed by atoms with Gasteiger partial charge < -0.3 is 10.8 Å². The summed E-state index contributed by atoms with van der Waals surface area (Å²) in [5.41, 5.74) is 4.03. The van der Waals surface area contributed by atoms with E-state index in [2.05, 4.69) is 5.73 Å². The Hall–Kier alpha value is 0.153. The molecule has 0 aromatic heterocycles. The van der Waals surface area contributed by atoms with Crippen molar-refractivity contribution in [3.63, 3.8) is 0 Å². The Balaban J connectivity index is 0. The normalized spacial score (nSPS) is 4.80. The average Bonchev–Trinajstić information content (AvgIpc) is 0.811. The number of carbonyl (C=O) groups is 1. The molecule has 0 rings (SSSR count). The van der Waals surface area contributed by atoms with Gasteiger partial charge in [0.15, 0.2) is 0 Å². The summed E-state index contributed by atoms with van der Waals surface area (Å²) in [4.78, 5) is 8.78. The summed E-state index contributed by atoms with van der Waals surface area (Å²) in [6, 6.07) is 0. The van der Waals surface area contributed by atoms with E-state index in [9.17, 15) is 0 Å². The zero-order valence-electron chi connectivity index (χ0n) is 2.43. The van der Waals surface area contributed by atoms with Crippen LogP contribution in [0.5, 0.6) is 0 Å². The number of hydrogen-bond donors (Lipinski definition) is 2. The SMILES string of the molecule is NC(=O)O.[Zr]. The average molecular weight is 152 g/mol. The largest absolute Gasteiger partial charge is 0.465 e. The summed E-state index contributed by atoms with van der Waals surface area (Å²) < 4.78 is 0. The van der Waals surface area contributed by atoms with Gasteiger partial charge in [0.1, 0.15) is 0 Å². The van der Waals surface area contributed by atoms with Crippen LogP contribution in [0.1, 0.15) is 0 Å². The summed E-state index contributed by atoms with van der Waals surface area (Å²) in [5.74, 6) is 0. The van der Waals surface area contributed by atoms with E-state index in [0.29, 0.717) is 0 Å². The first-order valence-corrected chi connectivity index (χ1v) is 0.716. The third-order valence-corrected chi connectivity index (χ3v) is 0. The molecule has 4 heteroatoms. The Morgan fingerprint density at radius 3 is 1.80 bits per heavy atom. The van der Waals surface area contributed by atoms with Crippen LogP contribution in [0.25, 0.3) is 0 Å². The Morgan fingerprint density at radius 2 is 1.80 bits per heavy atom. The molecule has 0 spiro atoms. The van der Waals surface area contributed by atoms with Crippen LogP contribution in [0.3, 0.4) is 0 Å². The van der Waals surface area contributed by atoms with Crippen LogP contribution in [-0.4, -0.2) is 11.2 Å². The van der Waals surface area contributed by atoms with E-state index in [4.69, 9.17) is 9.90 Å². The molecule has 0 bridgehead atoms. The van der Waals surface area contributed by atoms with Gasteiger partial charge in [0.25, 0.3) is 0 Å². The van der Waals surface area contributed by atoms with Gasteiger partial charge >= 0.3 is 6.09 Å². The minimum Gasteiger partial charge on any atom is -0.465 e. The second-order valence-electron chi connectivity index (χ2n) is 0.338. The van der Waals surface area contributed by atoms with Crippen LogP contribution in [0.2, 0.25) is 0 Å². The monoisotopic (exact) mass is 151 g/mol. The molecule has 5 heavy (non-hydrogen) atoms. The van der Waals surface area contributed by atoms with Crippen molar-refractivity contribution >= 4 is 6.09 Å². The maximum absolute atomic E-state index is 8.78. The van der Waals surface area contributed by atoms with Gasteiger partial charge in [-0.2, -0.15) is 0 Å². The van der Waals surface area contributed by atoms with Crippen LogP contribution in [0.4, 0.5) is 4.79 Å². The molecule has 0 aliphatic heterocycles. The van der Waals surface area contributed by atoms with Gasteiger partial charge in [-0.3, -0.25) is 0 Å². The van der Waals surface area contributed by atoms with Crippen LogP contribution >= 0.6 is 0 Å². The number of primary amides is 1. The number of carboxylic acid groups (broad SMARTS) is 1. The fourth-order valence-electron chi connectivity index (χ4n) is 0. The first-order valence-electron chi connectivity index (χ1n) is 0.716. The van der Waals surface area contributed by atoms with Crippen LogP contribution in [0, 0.1) is 0 Å². The molecule has 0 aliphatic rings. The molecule has 0 aromatic rings. The molecule has 0 radical (unpaired) electrons. The van der Waals surface area contributed by atoms with Crippen molar-refractivity contribution in [1.29, 1.82) is 0 Å². The van der Waals surface area contributed by atoms with E-state index >= 15 is 0 Å². The quantitative estimate of drug-likeness (QED) is 0.497. The van der Waals surface area contributed by atoms with Crippen LogP contribution in [-0.2, 0) is 26.2 Å². The molecular weight excluding hydrogens is 149 g/mol. The predicted molar refractivity (Wildman–Crippen MR) is 12.2 cm³/mol. The third kappa shape index (κ3) is 821. The van der Waals surface area contributed by atoms with E-state index in [0.717, 1.165) is 0 Å². The molecule has 3 N–H and O–H groups in total. The molecule has 0 aliphatic carbocycles. The second kappa shape index (κ2) is 4.15. The van der Waals surface area contributed by atoms with Gasteiger partial charge in [-0.25, -0.2) is 4.79 Å². The van der Waals surface area contributed by atoms with Gasteiger partial charge in [0.05, 0.1) is 0 Å². The molecule has 0 saturated heterocycles. The first kappa shape index (κ1) is 8.94. The van der Waals surface area contributed by atoms with Gasteiger partial charge in [-0.15, -0.1) is 0 Å². The number of nitrogens with two attached hydrogens (primary N) is 1.